The summed E-state index contributed by atoms with van der Waals surface area (Å²) in [7, 11) is -3.75. The summed E-state index contributed by atoms with van der Waals surface area (Å²) in [6, 6.07) is 18.9. The fourth-order valence-corrected chi connectivity index (χ4v) is 4.94. The molecule has 0 spiro atoms. The Balaban J connectivity index is 0.00000408. The first-order chi connectivity index (χ1) is 15.5. The quantitative estimate of drug-likeness (QED) is 0.367. The maximum atomic E-state index is 12.9. The lowest BCUT2D eigenvalue weighted by Crippen LogP contribution is -2.43. The van der Waals surface area contributed by atoms with E-state index in [1.165, 1.54) is 24.3 Å². The van der Waals surface area contributed by atoms with Gasteiger partial charge in [0.2, 0.25) is 9.84 Å². The molecule has 0 aliphatic rings. The number of carboxylic acid groups (broad SMARTS) is 1. The number of sulfone groups is 1. The fraction of sp³-hybridized carbons (Fsp3) is 0.240. The van der Waals surface area contributed by atoms with Crippen molar-refractivity contribution in [2.45, 2.75) is 41.7 Å². The van der Waals surface area contributed by atoms with Gasteiger partial charge in [-0.25, -0.2) is 13.2 Å². The number of hydrogen-bond donors (Lipinski definition) is 3. The van der Waals surface area contributed by atoms with Gasteiger partial charge in [0, 0.05) is 17.1 Å². The Bertz CT molecular complexity index is 1230. The molecule has 0 unspecified atom stereocenters. The highest BCUT2D eigenvalue weighted by Gasteiger charge is 2.22. The summed E-state index contributed by atoms with van der Waals surface area (Å²) in [5.41, 5.74) is 1.34. The van der Waals surface area contributed by atoms with Gasteiger partial charge in [0.25, 0.3) is 0 Å². The summed E-state index contributed by atoms with van der Waals surface area (Å²) >= 11 is 5.99. The van der Waals surface area contributed by atoms with Crippen LogP contribution >= 0.6 is 24.0 Å². The van der Waals surface area contributed by atoms with E-state index in [0.29, 0.717) is 18.0 Å². The van der Waals surface area contributed by atoms with Crippen LogP contribution in [0.2, 0.25) is 5.02 Å². The molecule has 0 saturated carbocycles. The highest BCUT2D eigenvalue weighted by molar-refractivity contribution is 7.91. The van der Waals surface area contributed by atoms with Gasteiger partial charge in [-0.1, -0.05) is 35.9 Å². The minimum Gasteiger partial charge on any atom is -0.478 e. The van der Waals surface area contributed by atoms with E-state index in [0.717, 1.165) is 11.1 Å². The smallest absolute Gasteiger partial charge is 0.335 e. The molecular weight excluding hydrogens is 497 g/mol. The number of aliphatic hydroxyl groups is 1. The Hall–Kier alpha value is -2.42. The van der Waals surface area contributed by atoms with Crippen molar-refractivity contribution >= 4 is 39.8 Å². The molecule has 0 bridgehead atoms. The molecule has 1 atom stereocenters. The van der Waals surface area contributed by atoms with Gasteiger partial charge in [0.05, 0.1) is 21.5 Å². The molecule has 0 radical (unpaired) electrons. The lowest BCUT2D eigenvalue weighted by atomic mass is 9.94. The van der Waals surface area contributed by atoms with Crippen molar-refractivity contribution in [2.75, 3.05) is 6.54 Å². The number of aromatic carboxylic acids is 1. The van der Waals surface area contributed by atoms with Crippen molar-refractivity contribution in [3.8, 4) is 0 Å². The molecule has 0 fully saturated rings. The van der Waals surface area contributed by atoms with Crippen molar-refractivity contribution in [1.82, 2.24) is 5.32 Å². The van der Waals surface area contributed by atoms with Gasteiger partial charge >= 0.3 is 5.97 Å². The summed E-state index contributed by atoms with van der Waals surface area (Å²) in [6.07, 6.45) is -0.0916. The highest BCUT2D eigenvalue weighted by Crippen LogP contribution is 2.23. The normalized spacial score (nSPS) is 12.6. The van der Waals surface area contributed by atoms with Gasteiger partial charge in [-0.2, -0.15) is 0 Å². The molecule has 34 heavy (non-hydrogen) atoms. The van der Waals surface area contributed by atoms with E-state index >= 15 is 0 Å². The zero-order valence-electron chi connectivity index (χ0n) is 18.7. The second-order valence-corrected chi connectivity index (χ2v) is 10.9. The van der Waals surface area contributed by atoms with Crippen LogP contribution in [0.15, 0.2) is 82.6 Å². The number of carbonyl (C=O) groups is 1. The average molecular weight is 524 g/mol. The summed E-state index contributed by atoms with van der Waals surface area (Å²) in [6.45, 7) is 4.35. The fourth-order valence-electron chi connectivity index (χ4n) is 3.48. The van der Waals surface area contributed by atoms with Gasteiger partial charge < -0.3 is 15.5 Å². The summed E-state index contributed by atoms with van der Waals surface area (Å²) < 4.78 is 25.7. The van der Waals surface area contributed by atoms with E-state index in [-0.39, 0.29) is 33.3 Å². The number of nitrogens with one attached hydrogen (secondary N) is 1. The molecule has 0 aromatic heterocycles. The Labute approximate surface area is 210 Å². The molecular formula is C25H27Cl2NO5S. The highest BCUT2D eigenvalue weighted by atomic mass is 35.5. The molecule has 0 heterocycles. The van der Waals surface area contributed by atoms with Gasteiger partial charge in [0.15, 0.2) is 0 Å². The standard InChI is InChI=1S/C25H26ClNO5S.ClH/c1-25(2,27-16-23(28)19-4-3-5-20(26)14-19)15-17-6-10-21(11-7-17)33(31,32)22-12-8-18(9-13-22)24(29)30;/h3-14,23,27-28H,15-16H2,1-2H3,(H,29,30);1H/t23-;/m0./s1. The monoisotopic (exact) mass is 523 g/mol. The summed E-state index contributed by atoms with van der Waals surface area (Å²) in [5.74, 6) is -1.11. The molecule has 9 heteroatoms. The Morgan fingerprint density at radius 3 is 2.09 bits per heavy atom. The van der Waals surface area contributed by atoms with Crippen molar-refractivity contribution in [2.24, 2.45) is 0 Å². The molecule has 182 valence electrons. The molecule has 0 aliphatic carbocycles. The molecule has 6 nitrogen and oxygen atoms in total. The summed E-state index contributed by atoms with van der Waals surface area (Å²) in [4.78, 5) is 11.2. The van der Waals surface area contributed by atoms with E-state index in [9.17, 15) is 18.3 Å². The van der Waals surface area contributed by atoms with Crippen molar-refractivity contribution < 1.29 is 23.4 Å². The predicted molar refractivity (Wildman–Crippen MR) is 135 cm³/mol. The Kier molecular flexibility index (Phi) is 9.28. The van der Waals surface area contributed by atoms with Gasteiger partial charge in [-0.3, -0.25) is 0 Å². The minimum absolute atomic E-state index is 0. The lowest BCUT2D eigenvalue weighted by Gasteiger charge is -2.28. The van der Waals surface area contributed by atoms with Crippen molar-refractivity contribution in [1.29, 1.82) is 0 Å². The van der Waals surface area contributed by atoms with E-state index < -0.39 is 21.9 Å². The lowest BCUT2D eigenvalue weighted by molar-refractivity contribution is 0.0696. The van der Waals surface area contributed by atoms with Crippen LogP contribution in [0.3, 0.4) is 0 Å². The third-order valence-corrected chi connectivity index (χ3v) is 7.32. The van der Waals surface area contributed by atoms with Crippen LogP contribution in [0.25, 0.3) is 0 Å². The second kappa shape index (κ2) is 11.3. The second-order valence-electron chi connectivity index (χ2n) is 8.49. The maximum absolute atomic E-state index is 12.9. The first kappa shape index (κ1) is 27.8. The van der Waals surface area contributed by atoms with E-state index in [1.54, 1.807) is 42.5 Å². The number of carboxylic acids is 1. The largest absolute Gasteiger partial charge is 0.478 e. The molecule has 3 rings (SSSR count). The maximum Gasteiger partial charge on any atom is 0.335 e. The van der Waals surface area contributed by atoms with Crippen LogP contribution < -0.4 is 5.32 Å². The van der Waals surface area contributed by atoms with Crippen LogP contribution in [0.4, 0.5) is 0 Å². The Morgan fingerprint density at radius 2 is 1.56 bits per heavy atom. The first-order valence-corrected chi connectivity index (χ1v) is 12.2. The van der Waals surface area contributed by atoms with Crippen molar-refractivity contribution in [3.05, 3.63) is 94.5 Å². The van der Waals surface area contributed by atoms with E-state index in [2.05, 4.69) is 5.32 Å². The van der Waals surface area contributed by atoms with Crippen LogP contribution in [-0.2, 0) is 16.3 Å². The first-order valence-electron chi connectivity index (χ1n) is 10.3. The van der Waals surface area contributed by atoms with Crippen LogP contribution in [0.5, 0.6) is 0 Å². The van der Waals surface area contributed by atoms with Gasteiger partial charge in [-0.05, 0) is 79.9 Å². The third-order valence-electron chi connectivity index (χ3n) is 5.30. The molecule has 3 aromatic carbocycles. The topological polar surface area (TPSA) is 104 Å². The SMILES string of the molecule is CC(C)(Cc1ccc(S(=O)(=O)c2ccc(C(=O)O)cc2)cc1)NC[C@H](O)c1cccc(Cl)c1.Cl. The minimum atomic E-state index is -3.75. The number of rotatable bonds is 9. The van der Waals surface area contributed by atoms with Crippen LogP contribution in [0.1, 0.15) is 41.4 Å². The van der Waals surface area contributed by atoms with Crippen LogP contribution in [0, 0.1) is 0 Å². The summed E-state index contributed by atoms with van der Waals surface area (Å²) in [5, 5.41) is 23.3. The molecule has 3 N–H and O–H groups in total. The number of benzene rings is 3. The number of β-amino-alcohol motifs (C(OH)–C–C–N with tert-alkyl or cyclic N) is 1. The van der Waals surface area contributed by atoms with Gasteiger partial charge in [-0.15, -0.1) is 12.4 Å². The van der Waals surface area contributed by atoms with Crippen molar-refractivity contribution in [3.63, 3.8) is 0 Å². The number of halogens is 2. The number of aliphatic hydroxyl groups excluding tert-OH is 1. The molecule has 0 saturated heterocycles. The van der Waals surface area contributed by atoms with Gasteiger partial charge in [0.1, 0.15) is 0 Å². The molecule has 0 amide bonds. The Morgan fingerprint density at radius 1 is 1.00 bits per heavy atom. The zero-order valence-corrected chi connectivity index (χ0v) is 21.1. The third kappa shape index (κ3) is 7.04. The zero-order chi connectivity index (χ0) is 24.2. The molecule has 3 aromatic rings. The van der Waals surface area contributed by atoms with Crippen LogP contribution in [-0.4, -0.2) is 36.7 Å². The molecule has 0 aliphatic heterocycles. The van der Waals surface area contributed by atoms with E-state index in [1.807, 2.05) is 19.9 Å². The predicted octanol–water partition coefficient (Wildman–Crippen LogP) is 4.94. The average Bonchev–Trinajstić information content (AvgIpc) is 2.77. The van der Waals surface area contributed by atoms with E-state index in [4.69, 9.17) is 16.7 Å². The number of hydrogen-bond acceptors (Lipinski definition) is 5.